The Morgan fingerprint density at radius 3 is 2.42 bits per heavy atom. The third-order valence-electron chi connectivity index (χ3n) is 3.29. The smallest absolute Gasteiger partial charge is 0.130 e. The van der Waals surface area contributed by atoms with Crippen molar-refractivity contribution >= 4 is 0 Å². The number of nitrogens with zero attached hydrogens (tertiary/aromatic N) is 2. The van der Waals surface area contributed by atoms with E-state index in [9.17, 15) is 0 Å². The molecule has 2 aromatic rings. The summed E-state index contributed by atoms with van der Waals surface area (Å²) >= 11 is 0. The van der Waals surface area contributed by atoms with Crippen molar-refractivity contribution in [2.24, 2.45) is 7.05 Å². The van der Waals surface area contributed by atoms with Crippen LogP contribution in [-0.4, -0.2) is 16.1 Å². The van der Waals surface area contributed by atoms with Gasteiger partial charge in [0, 0.05) is 19.4 Å². The molecule has 1 atom stereocenters. The van der Waals surface area contributed by atoms with E-state index in [1.165, 1.54) is 16.7 Å². The lowest BCUT2D eigenvalue weighted by atomic mass is 10.0. The Labute approximate surface area is 115 Å². The molecular weight excluding hydrogens is 234 g/mol. The normalized spacial score (nSPS) is 12.6. The van der Waals surface area contributed by atoms with Crippen molar-refractivity contribution in [3.63, 3.8) is 0 Å². The number of nitrogens with one attached hydrogen (secondary N) is 1. The molecule has 0 saturated heterocycles. The van der Waals surface area contributed by atoms with E-state index in [-0.39, 0.29) is 6.04 Å². The zero-order valence-corrected chi connectivity index (χ0v) is 12.3. The second-order valence-corrected chi connectivity index (χ2v) is 5.20. The summed E-state index contributed by atoms with van der Waals surface area (Å²) in [5.74, 6) is 1.07. The number of rotatable bonds is 5. The lowest BCUT2D eigenvalue weighted by Gasteiger charge is -2.20. The number of aromatic nitrogens is 2. The zero-order chi connectivity index (χ0) is 13.8. The first kappa shape index (κ1) is 13.8. The van der Waals surface area contributed by atoms with E-state index in [4.69, 9.17) is 0 Å². The lowest BCUT2D eigenvalue weighted by molar-refractivity contribution is 0.555. The van der Waals surface area contributed by atoms with E-state index in [0.29, 0.717) is 0 Å². The van der Waals surface area contributed by atoms with Crippen LogP contribution < -0.4 is 5.32 Å². The predicted molar refractivity (Wildman–Crippen MR) is 79.3 cm³/mol. The van der Waals surface area contributed by atoms with Crippen molar-refractivity contribution in [3.05, 3.63) is 53.1 Å². The first-order valence-electron chi connectivity index (χ1n) is 6.90. The Hall–Kier alpha value is -1.61. The first-order chi connectivity index (χ1) is 9.11. The molecule has 102 valence electrons. The third-order valence-corrected chi connectivity index (χ3v) is 3.29. The SMILES string of the molecule is CCCNC(c1cc(C)cc(C)c1)c1nccn1C. The van der Waals surface area contributed by atoms with Crippen LogP contribution in [0.2, 0.25) is 0 Å². The van der Waals surface area contributed by atoms with Gasteiger partial charge in [0.05, 0.1) is 6.04 Å². The summed E-state index contributed by atoms with van der Waals surface area (Å²) in [6, 6.07) is 6.86. The molecule has 19 heavy (non-hydrogen) atoms. The minimum Gasteiger partial charge on any atom is -0.336 e. The molecule has 0 saturated carbocycles. The highest BCUT2D eigenvalue weighted by Gasteiger charge is 2.17. The van der Waals surface area contributed by atoms with Gasteiger partial charge in [-0.15, -0.1) is 0 Å². The van der Waals surface area contributed by atoms with Crippen LogP contribution in [0.3, 0.4) is 0 Å². The number of hydrogen-bond donors (Lipinski definition) is 1. The fraction of sp³-hybridized carbons (Fsp3) is 0.438. The van der Waals surface area contributed by atoms with Gasteiger partial charge in [-0.25, -0.2) is 4.98 Å². The van der Waals surface area contributed by atoms with Crippen molar-refractivity contribution < 1.29 is 0 Å². The van der Waals surface area contributed by atoms with Crippen molar-refractivity contribution in [2.45, 2.75) is 33.2 Å². The number of benzene rings is 1. The van der Waals surface area contributed by atoms with E-state index < -0.39 is 0 Å². The quantitative estimate of drug-likeness (QED) is 0.892. The van der Waals surface area contributed by atoms with Crippen LogP contribution in [-0.2, 0) is 7.05 Å². The highest BCUT2D eigenvalue weighted by atomic mass is 15.1. The summed E-state index contributed by atoms with van der Waals surface area (Å²) in [6.07, 6.45) is 4.98. The van der Waals surface area contributed by atoms with E-state index in [2.05, 4.69) is 53.8 Å². The molecule has 0 radical (unpaired) electrons. The van der Waals surface area contributed by atoms with Crippen molar-refractivity contribution in [3.8, 4) is 0 Å². The van der Waals surface area contributed by atoms with Crippen molar-refractivity contribution in [1.29, 1.82) is 0 Å². The molecule has 1 N–H and O–H groups in total. The molecule has 0 fully saturated rings. The van der Waals surface area contributed by atoms with Gasteiger partial charge in [0.2, 0.25) is 0 Å². The van der Waals surface area contributed by atoms with Crippen LogP contribution in [0.15, 0.2) is 30.6 Å². The molecule has 3 nitrogen and oxygen atoms in total. The minimum absolute atomic E-state index is 0.165. The highest BCUT2D eigenvalue weighted by molar-refractivity contribution is 5.33. The second-order valence-electron chi connectivity index (χ2n) is 5.20. The molecule has 1 aromatic heterocycles. The average Bonchev–Trinajstić information content (AvgIpc) is 2.75. The van der Waals surface area contributed by atoms with E-state index in [1.54, 1.807) is 0 Å². The van der Waals surface area contributed by atoms with Gasteiger partial charge < -0.3 is 9.88 Å². The van der Waals surface area contributed by atoms with Gasteiger partial charge in [-0.05, 0) is 32.4 Å². The van der Waals surface area contributed by atoms with Crippen LogP contribution in [0.5, 0.6) is 0 Å². The van der Waals surface area contributed by atoms with Crippen molar-refractivity contribution in [1.82, 2.24) is 14.9 Å². The van der Waals surface area contributed by atoms with Gasteiger partial charge in [0.15, 0.2) is 0 Å². The molecule has 3 heteroatoms. The second kappa shape index (κ2) is 6.02. The molecular formula is C16H23N3. The molecule has 1 heterocycles. The topological polar surface area (TPSA) is 29.9 Å². The summed E-state index contributed by atoms with van der Waals surface area (Å²) in [7, 11) is 2.05. The molecule has 0 aliphatic heterocycles. The van der Waals surface area contributed by atoms with Crippen LogP contribution in [0.1, 0.15) is 41.9 Å². The summed E-state index contributed by atoms with van der Waals surface area (Å²) in [4.78, 5) is 4.51. The van der Waals surface area contributed by atoms with Gasteiger partial charge in [-0.3, -0.25) is 0 Å². The third kappa shape index (κ3) is 3.24. The Balaban J connectivity index is 2.39. The van der Waals surface area contributed by atoms with Gasteiger partial charge in [0.1, 0.15) is 5.82 Å². The minimum atomic E-state index is 0.165. The molecule has 0 amide bonds. The Morgan fingerprint density at radius 1 is 1.21 bits per heavy atom. The van der Waals surface area contributed by atoms with E-state index in [0.717, 1.165) is 18.8 Å². The van der Waals surface area contributed by atoms with Crippen LogP contribution in [0, 0.1) is 13.8 Å². The van der Waals surface area contributed by atoms with E-state index >= 15 is 0 Å². The first-order valence-corrected chi connectivity index (χ1v) is 6.90. The monoisotopic (exact) mass is 257 g/mol. The number of imidazole rings is 1. The maximum atomic E-state index is 4.51. The molecule has 1 aromatic carbocycles. The standard InChI is InChI=1S/C16H23N3/c1-5-6-17-15(16-18-7-8-19(16)4)14-10-12(2)9-13(3)11-14/h7-11,15,17H,5-6H2,1-4H3. The highest BCUT2D eigenvalue weighted by Crippen LogP contribution is 2.22. The molecule has 0 aliphatic rings. The summed E-state index contributed by atoms with van der Waals surface area (Å²) in [5, 5.41) is 3.60. The van der Waals surface area contributed by atoms with Crippen LogP contribution in [0.4, 0.5) is 0 Å². The zero-order valence-electron chi connectivity index (χ0n) is 12.3. The maximum Gasteiger partial charge on any atom is 0.130 e. The fourth-order valence-electron chi connectivity index (χ4n) is 2.48. The Bertz CT molecular complexity index is 522. The van der Waals surface area contributed by atoms with Gasteiger partial charge in [0.25, 0.3) is 0 Å². The van der Waals surface area contributed by atoms with Crippen molar-refractivity contribution in [2.75, 3.05) is 6.54 Å². The van der Waals surface area contributed by atoms with Crippen LogP contribution in [0.25, 0.3) is 0 Å². The molecule has 1 unspecified atom stereocenters. The number of hydrogen-bond acceptors (Lipinski definition) is 2. The Kier molecular flexibility index (Phi) is 4.38. The van der Waals surface area contributed by atoms with Gasteiger partial charge in [-0.1, -0.05) is 36.2 Å². The summed E-state index contributed by atoms with van der Waals surface area (Å²) in [6.45, 7) is 7.46. The molecule has 0 spiro atoms. The number of aryl methyl sites for hydroxylation is 3. The summed E-state index contributed by atoms with van der Waals surface area (Å²) < 4.78 is 2.09. The van der Waals surface area contributed by atoms with Crippen LogP contribution >= 0.6 is 0 Å². The summed E-state index contributed by atoms with van der Waals surface area (Å²) in [5.41, 5.74) is 3.89. The fourth-order valence-corrected chi connectivity index (χ4v) is 2.48. The van der Waals surface area contributed by atoms with E-state index in [1.807, 2.05) is 19.4 Å². The molecule has 2 rings (SSSR count). The maximum absolute atomic E-state index is 4.51. The van der Waals surface area contributed by atoms with Gasteiger partial charge in [-0.2, -0.15) is 0 Å². The molecule has 0 aliphatic carbocycles. The Morgan fingerprint density at radius 2 is 1.89 bits per heavy atom. The molecule has 0 bridgehead atoms. The van der Waals surface area contributed by atoms with Gasteiger partial charge >= 0.3 is 0 Å². The predicted octanol–water partition coefficient (Wildman–Crippen LogP) is 3.13. The lowest BCUT2D eigenvalue weighted by Crippen LogP contribution is -2.26. The average molecular weight is 257 g/mol. The largest absolute Gasteiger partial charge is 0.336 e.